The molecule has 0 radical (unpaired) electrons. The minimum absolute atomic E-state index is 0.0804. The van der Waals surface area contributed by atoms with Gasteiger partial charge in [-0.25, -0.2) is 0 Å². The maximum Gasteiger partial charge on any atom is 0.312 e. The fourth-order valence-corrected chi connectivity index (χ4v) is 3.40. The highest BCUT2D eigenvalue weighted by molar-refractivity contribution is 5.96. The fourth-order valence-electron chi connectivity index (χ4n) is 3.40. The predicted molar refractivity (Wildman–Crippen MR) is 110 cm³/mol. The Morgan fingerprint density at radius 1 is 1.17 bits per heavy atom. The number of hydrogen-bond acceptors (Lipinski definition) is 4. The molecule has 0 aliphatic carbocycles. The molecule has 1 aliphatic rings. The van der Waals surface area contributed by atoms with Crippen molar-refractivity contribution >= 4 is 23.5 Å². The van der Waals surface area contributed by atoms with Gasteiger partial charge in [0.1, 0.15) is 0 Å². The molecule has 0 aromatic heterocycles. The van der Waals surface area contributed by atoms with E-state index in [9.17, 15) is 14.4 Å². The average molecular weight is 394 g/mol. The first-order valence-electron chi connectivity index (χ1n) is 9.74. The highest BCUT2D eigenvalue weighted by Gasteiger charge is 2.36. The number of amides is 2. The molecule has 1 saturated heterocycles. The first-order valence-corrected chi connectivity index (χ1v) is 9.74. The molecule has 2 atom stereocenters. The zero-order valence-corrected chi connectivity index (χ0v) is 17.0. The summed E-state index contributed by atoms with van der Waals surface area (Å²) in [6, 6.07) is 15.3. The third kappa shape index (κ3) is 5.22. The molecule has 0 spiro atoms. The number of nitrogens with one attached hydrogen (secondary N) is 1. The molecule has 6 nitrogen and oxygen atoms in total. The minimum Gasteiger partial charge on any atom is -0.452 e. The highest BCUT2D eigenvalue weighted by atomic mass is 16.5. The monoisotopic (exact) mass is 394 g/mol. The summed E-state index contributed by atoms with van der Waals surface area (Å²) < 4.78 is 5.35. The molecule has 0 unspecified atom stereocenters. The van der Waals surface area contributed by atoms with Gasteiger partial charge in [-0.05, 0) is 38.0 Å². The standard InChI is InChI=1S/C23H26N2O4/c1-15-9-10-20(16(2)11-15)24-22(27)17(3)29-23(28)19-12-21(26)25(14-19)13-18-7-5-4-6-8-18/h4-11,17,19H,12-14H2,1-3H3,(H,24,27)/t17-,19+/m0/s1. The molecule has 29 heavy (non-hydrogen) atoms. The predicted octanol–water partition coefficient (Wildman–Crippen LogP) is 3.22. The quantitative estimate of drug-likeness (QED) is 0.764. The van der Waals surface area contributed by atoms with Crippen LogP contribution in [0.5, 0.6) is 0 Å². The van der Waals surface area contributed by atoms with Gasteiger partial charge >= 0.3 is 5.97 Å². The lowest BCUT2D eigenvalue weighted by molar-refractivity contribution is -0.157. The number of hydrogen-bond donors (Lipinski definition) is 1. The fraction of sp³-hybridized carbons (Fsp3) is 0.348. The molecular formula is C23H26N2O4. The Morgan fingerprint density at radius 3 is 2.59 bits per heavy atom. The number of benzene rings is 2. The van der Waals surface area contributed by atoms with Crippen molar-refractivity contribution in [3.8, 4) is 0 Å². The van der Waals surface area contributed by atoms with Gasteiger partial charge in [0, 0.05) is 25.2 Å². The van der Waals surface area contributed by atoms with Crippen LogP contribution in [-0.4, -0.2) is 35.3 Å². The molecule has 2 aromatic carbocycles. The summed E-state index contributed by atoms with van der Waals surface area (Å²) in [5.74, 6) is -1.54. The maximum absolute atomic E-state index is 12.5. The third-order valence-electron chi connectivity index (χ3n) is 5.07. The summed E-state index contributed by atoms with van der Waals surface area (Å²) in [4.78, 5) is 38.8. The largest absolute Gasteiger partial charge is 0.452 e. The van der Waals surface area contributed by atoms with Crippen molar-refractivity contribution < 1.29 is 19.1 Å². The number of rotatable bonds is 6. The van der Waals surface area contributed by atoms with Gasteiger partial charge in [-0.2, -0.15) is 0 Å². The maximum atomic E-state index is 12.5. The zero-order chi connectivity index (χ0) is 21.0. The van der Waals surface area contributed by atoms with Crippen molar-refractivity contribution in [1.29, 1.82) is 0 Å². The van der Waals surface area contributed by atoms with Crippen LogP contribution in [0, 0.1) is 19.8 Å². The Hall–Kier alpha value is -3.15. The number of carbonyl (C=O) groups is 3. The van der Waals surface area contributed by atoms with Crippen LogP contribution in [0.1, 0.15) is 30.0 Å². The molecule has 0 bridgehead atoms. The SMILES string of the molecule is Cc1ccc(NC(=O)[C@H](C)OC(=O)[C@@H]2CC(=O)N(Cc3ccccc3)C2)c(C)c1. The van der Waals surface area contributed by atoms with E-state index in [1.807, 2.05) is 62.4 Å². The van der Waals surface area contributed by atoms with Gasteiger partial charge in [0.2, 0.25) is 5.91 Å². The lowest BCUT2D eigenvalue weighted by atomic mass is 10.1. The van der Waals surface area contributed by atoms with E-state index in [1.165, 1.54) is 6.92 Å². The van der Waals surface area contributed by atoms with E-state index in [0.29, 0.717) is 18.8 Å². The summed E-state index contributed by atoms with van der Waals surface area (Å²) in [6.07, 6.45) is -0.835. The van der Waals surface area contributed by atoms with Crippen LogP contribution in [0.15, 0.2) is 48.5 Å². The zero-order valence-electron chi connectivity index (χ0n) is 17.0. The van der Waals surface area contributed by atoms with Gasteiger partial charge in [-0.3, -0.25) is 14.4 Å². The number of anilines is 1. The summed E-state index contributed by atoms with van der Waals surface area (Å²) in [6.45, 7) is 6.19. The summed E-state index contributed by atoms with van der Waals surface area (Å²) >= 11 is 0. The van der Waals surface area contributed by atoms with Crippen LogP contribution < -0.4 is 5.32 Å². The van der Waals surface area contributed by atoms with Crippen LogP contribution in [0.3, 0.4) is 0 Å². The van der Waals surface area contributed by atoms with Crippen LogP contribution in [0.25, 0.3) is 0 Å². The molecule has 1 heterocycles. The lowest BCUT2D eigenvalue weighted by Gasteiger charge is -2.18. The van der Waals surface area contributed by atoms with Crippen molar-refractivity contribution in [1.82, 2.24) is 4.90 Å². The van der Waals surface area contributed by atoms with Gasteiger partial charge in [0.15, 0.2) is 6.10 Å². The lowest BCUT2D eigenvalue weighted by Crippen LogP contribution is -2.33. The second-order valence-electron chi connectivity index (χ2n) is 7.55. The number of nitrogens with zero attached hydrogens (tertiary/aromatic N) is 1. The van der Waals surface area contributed by atoms with E-state index in [4.69, 9.17) is 4.74 Å². The van der Waals surface area contributed by atoms with Crippen molar-refractivity contribution in [2.45, 2.75) is 39.8 Å². The van der Waals surface area contributed by atoms with Crippen molar-refractivity contribution in [2.75, 3.05) is 11.9 Å². The van der Waals surface area contributed by atoms with Crippen LogP contribution in [0.2, 0.25) is 0 Å². The van der Waals surface area contributed by atoms with Gasteiger partial charge in [-0.15, -0.1) is 0 Å². The van der Waals surface area contributed by atoms with E-state index in [0.717, 1.165) is 16.7 Å². The molecule has 1 N–H and O–H groups in total. The van der Waals surface area contributed by atoms with Crippen LogP contribution in [-0.2, 0) is 25.7 Å². The smallest absolute Gasteiger partial charge is 0.312 e. The number of likely N-dealkylation sites (tertiary alicyclic amines) is 1. The van der Waals surface area contributed by atoms with E-state index in [2.05, 4.69) is 5.32 Å². The number of ether oxygens (including phenoxy) is 1. The molecule has 0 saturated carbocycles. The van der Waals surface area contributed by atoms with Gasteiger partial charge < -0.3 is 15.0 Å². The Morgan fingerprint density at radius 2 is 1.90 bits per heavy atom. The Kier molecular flexibility index (Phi) is 6.32. The Bertz CT molecular complexity index is 910. The van der Waals surface area contributed by atoms with Crippen LogP contribution in [0.4, 0.5) is 5.69 Å². The summed E-state index contributed by atoms with van der Waals surface area (Å²) in [5.41, 5.74) is 3.74. The minimum atomic E-state index is -0.943. The molecule has 152 valence electrons. The van der Waals surface area contributed by atoms with Crippen molar-refractivity contribution in [3.05, 3.63) is 65.2 Å². The Balaban J connectivity index is 1.54. The van der Waals surface area contributed by atoms with Gasteiger partial charge in [-0.1, -0.05) is 48.0 Å². The van der Waals surface area contributed by atoms with E-state index >= 15 is 0 Å². The van der Waals surface area contributed by atoms with E-state index in [1.54, 1.807) is 4.90 Å². The molecular weight excluding hydrogens is 368 g/mol. The Labute approximate surface area is 170 Å². The van der Waals surface area contributed by atoms with Crippen LogP contribution >= 0.6 is 0 Å². The van der Waals surface area contributed by atoms with E-state index in [-0.39, 0.29) is 12.3 Å². The third-order valence-corrected chi connectivity index (χ3v) is 5.07. The summed E-state index contributed by atoms with van der Waals surface area (Å²) in [5, 5.41) is 2.79. The first kappa shape index (κ1) is 20.6. The van der Waals surface area contributed by atoms with Gasteiger partial charge in [0.25, 0.3) is 5.91 Å². The molecule has 1 fully saturated rings. The number of aryl methyl sites for hydroxylation is 2. The normalized spacial score (nSPS) is 17.1. The molecule has 3 rings (SSSR count). The second kappa shape index (κ2) is 8.90. The van der Waals surface area contributed by atoms with E-state index < -0.39 is 23.9 Å². The average Bonchev–Trinajstić information content (AvgIpc) is 3.05. The topological polar surface area (TPSA) is 75.7 Å². The first-order chi connectivity index (χ1) is 13.8. The second-order valence-corrected chi connectivity index (χ2v) is 7.55. The molecule has 6 heteroatoms. The number of esters is 1. The molecule has 2 amide bonds. The molecule has 2 aromatic rings. The molecule has 1 aliphatic heterocycles. The van der Waals surface area contributed by atoms with Crippen molar-refractivity contribution in [2.24, 2.45) is 5.92 Å². The summed E-state index contributed by atoms with van der Waals surface area (Å²) in [7, 11) is 0. The van der Waals surface area contributed by atoms with Gasteiger partial charge in [0.05, 0.1) is 5.92 Å². The number of carbonyl (C=O) groups excluding carboxylic acids is 3. The van der Waals surface area contributed by atoms with Crippen molar-refractivity contribution in [3.63, 3.8) is 0 Å². The highest BCUT2D eigenvalue weighted by Crippen LogP contribution is 2.22.